The van der Waals surface area contributed by atoms with Crippen LogP contribution in [-0.2, 0) is 5.41 Å². The Bertz CT molecular complexity index is 3390. The normalized spacial score (nSPS) is 13.3. The highest BCUT2D eigenvalue weighted by atomic mass is 16.3. The molecule has 1 aromatic heterocycles. The topological polar surface area (TPSA) is 13.1 Å². The van der Waals surface area contributed by atoms with E-state index in [-0.39, 0.29) is 5.41 Å². The summed E-state index contributed by atoms with van der Waals surface area (Å²) < 4.78 is 6.17. The maximum absolute atomic E-state index is 6.17. The minimum absolute atomic E-state index is 0.138. The lowest BCUT2D eigenvalue weighted by atomic mass is 9.79. The maximum atomic E-state index is 6.17. The molecule has 262 valence electrons. The van der Waals surface area contributed by atoms with Gasteiger partial charge in [0.25, 0.3) is 0 Å². The van der Waals surface area contributed by atoms with E-state index >= 15 is 0 Å². The molecule has 1 heterocycles. The van der Waals surface area contributed by atoms with Gasteiger partial charge in [0.15, 0.2) is 0 Å². The SMILES string of the molecule is CC1(C)c2ccc(-c3c4ccccc4c(-c4cccc(-c5ccc6oc7ccccc7c6c5)c4)c4ccccc34)cc2-c2c1c1ccccc1c1ccccc21. The van der Waals surface area contributed by atoms with Crippen molar-refractivity contribution in [1.29, 1.82) is 0 Å². The van der Waals surface area contributed by atoms with Crippen molar-refractivity contribution in [3.8, 4) is 44.5 Å². The summed E-state index contributed by atoms with van der Waals surface area (Å²) in [5, 5.41) is 12.7. The first-order valence-corrected chi connectivity index (χ1v) is 19.6. The van der Waals surface area contributed by atoms with Gasteiger partial charge in [-0.2, -0.15) is 0 Å². The quantitative estimate of drug-likeness (QED) is 0.131. The van der Waals surface area contributed by atoms with Crippen LogP contribution in [0.4, 0.5) is 0 Å². The molecule has 1 heteroatoms. The van der Waals surface area contributed by atoms with Crippen molar-refractivity contribution in [2.75, 3.05) is 0 Å². The number of furan rings is 1. The second kappa shape index (κ2) is 11.5. The molecule has 1 aliphatic carbocycles. The number of para-hydroxylation sites is 1. The molecule has 11 aromatic rings. The minimum Gasteiger partial charge on any atom is -0.456 e. The summed E-state index contributed by atoms with van der Waals surface area (Å²) in [6.07, 6.45) is 0. The first kappa shape index (κ1) is 31.4. The Balaban J connectivity index is 1.08. The average molecular weight is 713 g/mol. The zero-order chi connectivity index (χ0) is 37.1. The van der Waals surface area contributed by atoms with E-state index in [1.807, 2.05) is 12.1 Å². The van der Waals surface area contributed by atoms with E-state index in [4.69, 9.17) is 4.42 Å². The lowest BCUT2D eigenvalue weighted by molar-refractivity contribution is 0.666. The third-order valence-corrected chi connectivity index (χ3v) is 12.6. The maximum Gasteiger partial charge on any atom is 0.135 e. The van der Waals surface area contributed by atoms with Crippen molar-refractivity contribution in [3.63, 3.8) is 0 Å². The summed E-state index contributed by atoms with van der Waals surface area (Å²) in [4.78, 5) is 0. The van der Waals surface area contributed by atoms with Crippen LogP contribution < -0.4 is 0 Å². The number of hydrogen-bond donors (Lipinski definition) is 0. The number of benzene rings is 10. The summed E-state index contributed by atoms with van der Waals surface area (Å²) in [5.41, 5.74) is 14.6. The fourth-order valence-corrected chi connectivity index (χ4v) is 10.2. The number of fused-ring (bicyclic) bond motifs is 13. The van der Waals surface area contributed by atoms with Gasteiger partial charge in [-0.3, -0.25) is 0 Å². The highest BCUT2D eigenvalue weighted by molar-refractivity contribution is 6.23. The summed E-state index contributed by atoms with van der Waals surface area (Å²) in [5.74, 6) is 0. The zero-order valence-electron chi connectivity index (χ0n) is 31.2. The first-order chi connectivity index (χ1) is 27.5. The second-order valence-corrected chi connectivity index (χ2v) is 16.0. The van der Waals surface area contributed by atoms with Gasteiger partial charge in [-0.05, 0) is 129 Å². The Morgan fingerprint density at radius 2 is 0.786 bits per heavy atom. The van der Waals surface area contributed by atoms with Crippen molar-refractivity contribution >= 4 is 65.0 Å². The molecular weight excluding hydrogens is 677 g/mol. The van der Waals surface area contributed by atoms with Crippen LogP contribution >= 0.6 is 0 Å². The molecule has 0 radical (unpaired) electrons. The molecule has 0 N–H and O–H groups in total. The molecule has 10 aromatic carbocycles. The summed E-state index contributed by atoms with van der Waals surface area (Å²) in [7, 11) is 0. The van der Waals surface area contributed by atoms with Crippen molar-refractivity contribution in [3.05, 3.63) is 193 Å². The van der Waals surface area contributed by atoms with Crippen LogP contribution in [0, 0.1) is 0 Å². The smallest absolute Gasteiger partial charge is 0.135 e. The van der Waals surface area contributed by atoms with Crippen LogP contribution in [0.2, 0.25) is 0 Å². The van der Waals surface area contributed by atoms with E-state index < -0.39 is 0 Å². The Kier molecular flexibility index (Phi) is 6.46. The molecule has 1 aliphatic rings. The van der Waals surface area contributed by atoms with Crippen LogP contribution in [0.15, 0.2) is 186 Å². The third kappa shape index (κ3) is 4.31. The van der Waals surface area contributed by atoms with Gasteiger partial charge in [0, 0.05) is 16.2 Å². The highest BCUT2D eigenvalue weighted by Crippen LogP contribution is 2.56. The van der Waals surface area contributed by atoms with Crippen molar-refractivity contribution in [1.82, 2.24) is 0 Å². The molecule has 0 saturated heterocycles. The molecule has 0 spiro atoms. The standard InChI is InChI=1S/C55H36O/c1-55(2)48-28-26-36(32-47(48)53-40-19-5-3-16-37(40)38-17-4-10-24-45(38)54(53)55)52-43-22-8-6-20-41(43)51(42-21-7-9-23-44(42)52)35-15-13-14-33(30-35)34-27-29-50-46(31-34)39-18-11-12-25-49(39)56-50/h3-32H,1-2H3. The number of rotatable bonds is 3. The lowest BCUT2D eigenvalue weighted by Crippen LogP contribution is -2.15. The molecule has 0 saturated carbocycles. The van der Waals surface area contributed by atoms with Crippen LogP contribution in [0.1, 0.15) is 25.0 Å². The van der Waals surface area contributed by atoms with Crippen LogP contribution in [0.5, 0.6) is 0 Å². The molecule has 0 unspecified atom stereocenters. The second-order valence-electron chi connectivity index (χ2n) is 16.0. The molecule has 56 heavy (non-hydrogen) atoms. The fraction of sp³-hybridized carbons (Fsp3) is 0.0545. The van der Waals surface area contributed by atoms with E-state index in [9.17, 15) is 0 Å². The molecule has 1 nitrogen and oxygen atoms in total. The molecular formula is C55H36O. The van der Waals surface area contributed by atoms with Crippen LogP contribution in [0.25, 0.3) is 110 Å². The van der Waals surface area contributed by atoms with E-state index in [2.05, 4.69) is 184 Å². The lowest BCUT2D eigenvalue weighted by Gasteiger charge is -2.24. The first-order valence-electron chi connectivity index (χ1n) is 19.6. The Labute approximate surface area is 325 Å². The molecule has 0 fully saturated rings. The fourth-order valence-electron chi connectivity index (χ4n) is 10.2. The van der Waals surface area contributed by atoms with E-state index in [0.29, 0.717) is 0 Å². The van der Waals surface area contributed by atoms with Gasteiger partial charge in [0.1, 0.15) is 11.2 Å². The third-order valence-electron chi connectivity index (χ3n) is 12.6. The average Bonchev–Trinajstić information content (AvgIpc) is 3.74. The zero-order valence-corrected chi connectivity index (χ0v) is 31.2. The molecule has 12 rings (SSSR count). The molecule has 0 amide bonds. The van der Waals surface area contributed by atoms with Crippen LogP contribution in [-0.4, -0.2) is 0 Å². The van der Waals surface area contributed by atoms with Crippen molar-refractivity contribution in [2.24, 2.45) is 0 Å². The van der Waals surface area contributed by atoms with Gasteiger partial charge in [-0.1, -0.05) is 166 Å². The minimum atomic E-state index is -0.138. The number of hydrogen-bond acceptors (Lipinski definition) is 1. The monoisotopic (exact) mass is 712 g/mol. The molecule has 0 bridgehead atoms. The Morgan fingerprint density at radius 1 is 0.321 bits per heavy atom. The largest absolute Gasteiger partial charge is 0.456 e. The van der Waals surface area contributed by atoms with E-state index in [1.165, 1.54) is 98.7 Å². The van der Waals surface area contributed by atoms with Crippen molar-refractivity contribution < 1.29 is 4.42 Å². The van der Waals surface area contributed by atoms with E-state index in [0.717, 1.165) is 21.9 Å². The van der Waals surface area contributed by atoms with Gasteiger partial charge in [-0.25, -0.2) is 0 Å². The van der Waals surface area contributed by atoms with Gasteiger partial charge in [0.2, 0.25) is 0 Å². The predicted molar refractivity (Wildman–Crippen MR) is 238 cm³/mol. The molecule has 0 atom stereocenters. The van der Waals surface area contributed by atoms with Crippen molar-refractivity contribution in [2.45, 2.75) is 19.3 Å². The Hall–Kier alpha value is -6.96. The highest BCUT2D eigenvalue weighted by Gasteiger charge is 2.38. The van der Waals surface area contributed by atoms with Gasteiger partial charge in [0.05, 0.1) is 0 Å². The Morgan fingerprint density at radius 3 is 1.45 bits per heavy atom. The predicted octanol–water partition coefficient (Wildman–Crippen LogP) is 15.5. The van der Waals surface area contributed by atoms with Crippen LogP contribution in [0.3, 0.4) is 0 Å². The van der Waals surface area contributed by atoms with E-state index in [1.54, 1.807) is 0 Å². The molecule has 0 aliphatic heterocycles. The van der Waals surface area contributed by atoms with Gasteiger partial charge >= 0.3 is 0 Å². The summed E-state index contributed by atoms with van der Waals surface area (Å²) >= 11 is 0. The van der Waals surface area contributed by atoms with Gasteiger partial charge in [-0.15, -0.1) is 0 Å². The summed E-state index contributed by atoms with van der Waals surface area (Å²) in [6, 6.07) is 67.2. The summed E-state index contributed by atoms with van der Waals surface area (Å²) in [6.45, 7) is 4.81. The van der Waals surface area contributed by atoms with Gasteiger partial charge < -0.3 is 4.42 Å².